The van der Waals surface area contributed by atoms with E-state index in [2.05, 4.69) is 47.1 Å². The van der Waals surface area contributed by atoms with Crippen molar-refractivity contribution in [1.82, 2.24) is 20.2 Å². The van der Waals surface area contributed by atoms with Gasteiger partial charge < -0.3 is 10.3 Å². The van der Waals surface area contributed by atoms with Gasteiger partial charge in [-0.25, -0.2) is 13.4 Å². The molecule has 1 amide bonds. The van der Waals surface area contributed by atoms with Gasteiger partial charge in [0.05, 0.1) is 35.5 Å². The lowest BCUT2D eigenvalue weighted by Crippen LogP contribution is -2.42. The molecule has 1 aliphatic heterocycles. The normalized spacial score (nSPS) is 18.6. The first-order chi connectivity index (χ1) is 13.2. The summed E-state index contributed by atoms with van der Waals surface area (Å²) in [5.74, 6) is 0.326. The fourth-order valence-corrected chi connectivity index (χ4v) is 6.15. The number of nitrogens with zero attached hydrogens (tertiary/aromatic N) is 2. The molecule has 152 valence electrons. The lowest BCUT2D eigenvalue weighted by Gasteiger charge is -2.20. The molecule has 1 aromatic carbocycles. The summed E-state index contributed by atoms with van der Waals surface area (Å²) in [4.78, 5) is 33.8. The SMILES string of the molecule is CCN(CC(=O)NC1CCS(=O)(=O)C1)Cc1nc2c(Br)cc(Br)cc2c(=O)[nH]1. The maximum atomic E-state index is 12.4. The zero-order chi connectivity index (χ0) is 20.5. The molecule has 2 heterocycles. The fourth-order valence-electron chi connectivity index (χ4n) is 3.17. The Balaban J connectivity index is 1.70. The van der Waals surface area contributed by atoms with E-state index in [0.717, 1.165) is 4.47 Å². The van der Waals surface area contributed by atoms with E-state index >= 15 is 0 Å². The highest BCUT2D eigenvalue weighted by molar-refractivity contribution is 9.11. The van der Waals surface area contributed by atoms with Crippen molar-refractivity contribution in [2.45, 2.75) is 25.9 Å². The fraction of sp³-hybridized carbons (Fsp3) is 0.471. The van der Waals surface area contributed by atoms with Crippen LogP contribution in [0.15, 0.2) is 25.9 Å². The second kappa shape index (κ2) is 8.60. The van der Waals surface area contributed by atoms with Crippen molar-refractivity contribution in [2.24, 2.45) is 0 Å². The zero-order valence-electron chi connectivity index (χ0n) is 15.2. The Hall–Kier alpha value is -1.30. The summed E-state index contributed by atoms with van der Waals surface area (Å²) >= 11 is 6.78. The summed E-state index contributed by atoms with van der Waals surface area (Å²) < 4.78 is 24.5. The Morgan fingerprint density at radius 1 is 1.39 bits per heavy atom. The Morgan fingerprint density at radius 2 is 2.14 bits per heavy atom. The average molecular weight is 536 g/mol. The Bertz CT molecular complexity index is 1070. The molecule has 0 radical (unpaired) electrons. The van der Waals surface area contributed by atoms with Crippen LogP contribution in [-0.4, -0.2) is 59.8 Å². The van der Waals surface area contributed by atoms with Crippen molar-refractivity contribution in [3.8, 4) is 0 Å². The third kappa shape index (κ3) is 5.19. The van der Waals surface area contributed by atoms with Crippen molar-refractivity contribution in [2.75, 3.05) is 24.6 Å². The van der Waals surface area contributed by atoms with Gasteiger partial charge in [0.25, 0.3) is 5.56 Å². The maximum absolute atomic E-state index is 12.4. The molecule has 28 heavy (non-hydrogen) atoms. The molecule has 1 aromatic heterocycles. The van der Waals surface area contributed by atoms with Crippen molar-refractivity contribution < 1.29 is 13.2 Å². The Morgan fingerprint density at radius 3 is 2.79 bits per heavy atom. The minimum Gasteiger partial charge on any atom is -0.351 e. The number of nitrogens with one attached hydrogen (secondary N) is 2. The zero-order valence-corrected chi connectivity index (χ0v) is 19.2. The molecule has 0 spiro atoms. The number of likely N-dealkylation sites (N-methyl/N-ethyl adjacent to an activating group) is 1. The molecule has 0 bridgehead atoms. The van der Waals surface area contributed by atoms with Crippen molar-refractivity contribution in [1.29, 1.82) is 0 Å². The molecule has 11 heteroatoms. The molecule has 0 aliphatic carbocycles. The Kier molecular flexibility index (Phi) is 6.58. The molecule has 3 rings (SSSR count). The van der Waals surface area contributed by atoms with Crippen LogP contribution in [0.3, 0.4) is 0 Å². The number of sulfone groups is 1. The number of H-pyrrole nitrogens is 1. The molecule has 1 unspecified atom stereocenters. The number of benzene rings is 1. The van der Waals surface area contributed by atoms with Gasteiger partial charge in [-0.05, 0) is 41.0 Å². The largest absolute Gasteiger partial charge is 0.351 e. The van der Waals surface area contributed by atoms with Crippen molar-refractivity contribution >= 4 is 58.5 Å². The predicted octanol–water partition coefficient (Wildman–Crippen LogP) is 1.57. The van der Waals surface area contributed by atoms with Crippen molar-refractivity contribution in [3.05, 3.63) is 37.3 Å². The molecule has 1 saturated heterocycles. The molecular weight excluding hydrogens is 516 g/mol. The first-order valence-corrected chi connectivity index (χ1v) is 12.2. The highest BCUT2D eigenvalue weighted by Gasteiger charge is 2.29. The summed E-state index contributed by atoms with van der Waals surface area (Å²) in [7, 11) is -3.04. The number of rotatable bonds is 6. The number of carbonyl (C=O) groups is 1. The van der Waals surface area contributed by atoms with E-state index in [9.17, 15) is 18.0 Å². The van der Waals surface area contributed by atoms with Crippen LogP contribution in [0.25, 0.3) is 10.9 Å². The standard InChI is InChI=1S/C17H20Br2N4O4S/c1-2-23(8-15(24)20-11-3-4-28(26,27)9-11)7-14-21-16-12(17(25)22-14)5-10(18)6-13(16)19/h5-6,11H,2-4,7-9H2,1H3,(H,20,24)(H,21,22,25). The van der Waals surface area contributed by atoms with Crippen LogP contribution in [0.2, 0.25) is 0 Å². The lowest BCUT2D eigenvalue weighted by atomic mass is 10.2. The monoisotopic (exact) mass is 534 g/mol. The van der Waals surface area contributed by atoms with Gasteiger partial charge in [0, 0.05) is 15.0 Å². The predicted molar refractivity (Wildman–Crippen MR) is 114 cm³/mol. The highest BCUT2D eigenvalue weighted by atomic mass is 79.9. The summed E-state index contributed by atoms with van der Waals surface area (Å²) in [6.07, 6.45) is 0.448. The number of amides is 1. The number of hydrogen-bond donors (Lipinski definition) is 2. The number of halogens is 2. The first-order valence-electron chi connectivity index (χ1n) is 8.77. The van der Waals surface area contributed by atoms with Crippen LogP contribution in [-0.2, 0) is 21.2 Å². The molecule has 1 atom stereocenters. The van der Waals surface area contributed by atoms with Crippen LogP contribution >= 0.6 is 31.9 Å². The molecule has 2 N–H and O–H groups in total. The number of aromatic amines is 1. The van der Waals surface area contributed by atoms with E-state index in [0.29, 0.717) is 40.7 Å². The van der Waals surface area contributed by atoms with Gasteiger partial charge in [-0.1, -0.05) is 22.9 Å². The lowest BCUT2D eigenvalue weighted by molar-refractivity contribution is -0.122. The van der Waals surface area contributed by atoms with E-state index in [4.69, 9.17) is 0 Å². The van der Waals surface area contributed by atoms with Crippen LogP contribution < -0.4 is 10.9 Å². The maximum Gasteiger partial charge on any atom is 0.258 e. The van der Waals surface area contributed by atoms with E-state index < -0.39 is 9.84 Å². The number of aromatic nitrogens is 2. The molecule has 0 saturated carbocycles. The van der Waals surface area contributed by atoms with Gasteiger partial charge in [0.1, 0.15) is 5.82 Å². The van der Waals surface area contributed by atoms with Crippen molar-refractivity contribution in [3.63, 3.8) is 0 Å². The number of hydrogen-bond acceptors (Lipinski definition) is 6. The van der Waals surface area contributed by atoms with Gasteiger partial charge in [-0.15, -0.1) is 0 Å². The van der Waals surface area contributed by atoms with Crippen LogP contribution in [0.1, 0.15) is 19.2 Å². The molecule has 1 aliphatic rings. The van der Waals surface area contributed by atoms with Gasteiger partial charge in [-0.3, -0.25) is 14.5 Å². The number of fused-ring (bicyclic) bond motifs is 1. The van der Waals surface area contributed by atoms with Crippen LogP contribution in [0.4, 0.5) is 0 Å². The average Bonchev–Trinajstić information content (AvgIpc) is 2.93. The van der Waals surface area contributed by atoms with Gasteiger partial charge in [-0.2, -0.15) is 0 Å². The summed E-state index contributed by atoms with van der Waals surface area (Å²) in [6.45, 7) is 2.86. The summed E-state index contributed by atoms with van der Waals surface area (Å²) in [5, 5.41) is 3.24. The van der Waals surface area contributed by atoms with Gasteiger partial charge in [0.2, 0.25) is 5.91 Å². The van der Waals surface area contributed by atoms with Gasteiger partial charge >= 0.3 is 0 Å². The first kappa shape index (κ1) is 21.4. The summed E-state index contributed by atoms with van der Waals surface area (Å²) in [6, 6.07) is 3.19. The third-order valence-corrected chi connectivity index (χ3v) is 7.39. The van der Waals surface area contributed by atoms with Crippen LogP contribution in [0.5, 0.6) is 0 Å². The molecular formula is C17H20Br2N4O4S. The minimum absolute atomic E-state index is 0.00595. The smallest absolute Gasteiger partial charge is 0.258 e. The Labute approximate surface area is 179 Å². The molecule has 8 nitrogen and oxygen atoms in total. The molecule has 1 fully saturated rings. The highest BCUT2D eigenvalue weighted by Crippen LogP contribution is 2.25. The van der Waals surface area contributed by atoms with E-state index in [1.807, 2.05) is 17.9 Å². The minimum atomic E-state index is -3.04. The summed E-state index contributed by atoms with van der Waals surface area (Å²) in [5.41, 5.74) is 0.303. The van der Waals surface area contributed by atoms with Gasteiger partial charge in [0.15, 0.2) is 9.84 Å². The second-order valence-electron chi connectivity index (χ2n) is 6.77. The van der Waals surface area contributed by atoms with E-state index in [-0.39, 0.29) is 35.6 Å². The van der Waals surface area contributed by atoms with E-state index in [1.165, 1.54) is 0 Å². The topological polar surface area (TPSA) is 112 Å². The van der Waals surface area contributed by atoms with Crippen LogP contribution in [0, 0.1) is 0 Å². The molecule has 2 aromatic rings. The van der Waals surface area contributed by atoms with E-state index in [1.54, 1.807) is 6.07 Å². The number of carbonyl (C=O) groups excluding carboxylic acids is 1. The third-order valence-electron chi connectivity index (χ3n) is 4.56. The quantitative estimate of drug-likeness (QED) is 0.580. The second-order valence-corrected chi connectivity index (χ2v) is 10.8.